The van der Waals surface area contributed by atoms with Gasteiger partial charge in [-0.3, -0.25) is 4.79 Å². The summed E-state index contributed by atoms with van der Waals surface area (Å²) in [5.74, 6) is -5.02. The molecule has 1 fully saturated rings. The van der Waals surface area contributed by atoms with Gasteiger partial charge in [-0.05, 0) is 12.8 Å². The molecule has 19 heavy (non-hydrogen) atoms. The van der Waals surface area contributed by atoms with E-state index in [1.807, 2.05) is 0 Å². The maximum Gasteiger partial charge on any atom is 0.314 e. The molecule has 6 heteroatoms. The van der Waals surface area contributed by atoms with E-state index in [0.29, 0.717) is 18.9 Å². The summed E-state index contributed by atoms with van der Waals surface area (Å²) in [7, 11) is 0. The maximum absolute atomic E-state index is 14.0. The largest absolute Gasteiger partial charge is 0.481 e. The molecule has 1 aromatic rings. The summed E-state index contributed by atoms with van der Waals surface area (Å²) in [5.41, 5.74) is -2.27. The molecule has 104 valence electrons. The van der Waals surface area contributed by atoms with Crippen LogP contribution in [0.4, 0.5) is 13.2 Å². The lowest BCUT2D eigenvalue weighted by atomic mass is 9.69. The predicted octanol–water partition coefficient (Wildman–Crippen LogP) is 4.04. The maximum atomic E-state index is 14.0. The van der Waals surface area contributed by atoms with Crippen LogP contribution < -0.4 is 0 Å². The van der Waals surface area contributed by atoms with Crippen LogP contribution >= 0.6 is 11.6 Å². The third-order valence-corrected chi connectivity index (χ3v) is 4.06. The van der Waals surface area contributed by atoms with Gasteiger partial charge in [0.05, 0.1) is 5.41 Å². The highest BCUT2D eigenvalue weighted by atomic mass is 35.5. The van der Waals surface area contributed by atoms with E-state index in [1.54, 1.807) is 0 Å². The number of halogens is 4. The number of carboxylic acid groups (broad SMARTS) is 1. The van der Waals surface area contributed by atoms with E-state index in [2.05, 4.69) is 0 Å². The number of rotatable bonds is 2. The van der Waals surface area contributed by atoms with E-state index in [-0.39, 0.29) is 12.8 Å². The Bertz CT molecular complexity index is 525. The first-order valence-electron chi connectivity index (χ1n) is 5.97. The second-order valence-electron chi connectivity index (χ2n) is 4.79. The molecule has 0 aromatic heterocycles. The van der Waals surface area contributed by atoms with E-state index in [0.717, 1.165) is 6.42 Å². The Morgan fingerprint density at radius 3 is 2.26 bits per heavy atom. The summed E-state index contributed by atoms with van der Waals surface area (Å²) in [6.45, 7) is 0. The van der Waals surface area contributed by atoms with E-state index in [1.165, 1.54) is 0 Å². The van der Waals surface area contributed by atoms with E-state index < -0.39 is 39.4 Å². The topological polar surface area (TPSA) is 37.3 Å². The summed E-state index contributed by atoms with van der Waals surface area (Å²) in [5, 5.41) is 8.52. The Hall–Kier alpha value is -1.23. The van der Waals surface area contributed by atoms with Gasteiger partial charge in [0.2, 0.25) is 0 Å². The van der Waals surface area contributed by atoms with E-state index >= 15 is 0 Å². The van der Waals surface area contributed by atoms with Gasteiger partial charge < -0.3 is 5.11 Å². The lowest BCUT2D eigenvalue weighted by Crippen LogP contribution is -2.39. The molecule has 0 bridgehead atoms. The number of carbonyl (C=O) groups is 1. The Kier molecular flexibility index (Phi) is 3.76. The zero-order valence-corrected chi connectivity index (χ0v) is 10.7. The summed E-state index contributed by atoms with van der Waals surface area (Å²) in [4.78, 5) is 11.5. The smallest absolute Gasteiger partial charge is 0.314 e. The van der Waals surface area contributed by atoms with Crippen molar-refractivity contribution in [3.8, 4) is 0 Å². The average molecular weight is 293 g/mol. The van der Waals surface area contributed by atoms with Gasteiger partial charge in [-0.25, -0.2) is 13.2 Å². The summed E-state index contributed by atoms with van der Waals surface area (Å²) in [6.07, 6.45) is 2.17. The monoisotopic (exact) mass is 292 g/mol. The van der Waals surface area contributed by atoms with Crippen LogP contribution in [0.1, 0.15) is 37.7 Å². The van der Waals surface area contributed by atoms with Crippen molar-refractivity contribution >= 4 is 17.6 Å². The first-order valence-corrected chi connectivity index (χ1v) is 6.35. The number of carboxylic acids is 1. The van der Waals surface area contributed by atoms with Crippen LogP contribution in [-0.2, 0) is 10.2 Å². The van der Waals surface area contributed by atoms with Crippen LogP contribution in [-0.4, -0.2) is 11.1 Å². The molecule has 1 aliphatic carbocycles. The van der Waals surface area contributed by atoms with Gasteiger partial charge in [-0.1, -0.05) is 30.9 Å². The predicted molar refractivity (Wildman–Crippen MR) is 63.7 cm³/mol. The fourth-order valence-corrected chi connectivity index (χ4v) is 2.88. The van der Waals surface area contributed by atoms with Crippen LogP contribution in [0.15, 0.2) is 6.07 Å². The third kappa shape index (κ3) is 2.20. The Morgan fingerprint density at radius 2 is 1.74 bits per heavy atom. The molecule has 0 radical (unpaired) electrons. The molecular weight excluding hydrogens is 281 g/mol. The molecule has 0 heterocycles. The van der Waals surface area contributed by atoms with Crippen LogP contribution in [0.2, 0.25) is 5.02 Å². The Balaban J connectivity index is 2.67. The van der Waals surface area contributed by atoms with Gasteiger partial charge in [0.25, 0.3) is 0 Å². The minimum absolute atomic E-state index is 0.123. The average Bonchev–Trinajstić information content (AvgIpc) is 2.37. The summed E-state index contributed by atoms with van der Waals surface area (Å²) in [6, 6.07) is 0.444. The van der Waals surface area contributed by atoms with Gasteiger partial charge in [0.1, 0.15) is 16.7 Å². The molecule has 1 N–H and O–H groups in total. The van der Waals surface area contributed by atoms with Gasteiger partial charge in [0.15, 0.2) is 5.82 Å². The molecule has 0 aliphatic heterocycles. The van der Waals surface area contributed by atoms with Gasteiger partial charge >= 0.3 is 5.97 Å². The molecule has 0 unspecified atom stereocenters. The number of benzene rings is 1. The molecule has 1 aliphatic rings. The molecule has 0 saturated heterocycles. The van der Waals surface area contributed by atoms with Crippen molar-refractivity contribution in [3.63, 3.8) is 0 Å². The van der Waals surface area contributed by atoms with E-state index in [4.69, 9.17) is 11.6 Å². The second-order valence-corrected chi connectivity index (χ2v) is 5.17. The van der Waals surface area contributed by atoms with Crippen molar-refractivity contribution in [1.29, 1.82) is 0 Å². The van der Waals surface area contributed by atoms with Gasteiger partial charge in [0, 0.05) is 11.6 Å². The quantitative estimate of drug-likeness (QED) is 0.660. The highest BCUT2D eigenvalue weighted by Gasteiger charge is 2.46. The normalized spacial score (nSPS) is 18.3. The highest BCUT2D eigenvalue weighted by Crippen LogP contribution is 2.43. The number of hydrogen-bond acceptors (Lipinski definition) is 1. The van der Waals surface area contributed by atoms with E-state index in [9.17, 15) is 23.1 Å². The lowest BCUT2D eigenvalue weighted by Gasteiger charge is -2.34. The van der Waals surface area contributed by atoms with Crippen LogP contribution in [0.5, 0.6) is 0 Å². The Morgan fingerprint density at radius 1 is 1.16 bits per heavy atom. The lowest BCUT2D eigenvalue weighted by molar-refractivity contribution is -0.145. The number of hydrogen-bond donors (Lipinski definition) is 1. The van der Waals surface area contributed by atoms with Crippen molar-refractivity contribution < 1.29 is 23.1 Å². The van der Waals surface area contributed by atoms with Gasteiger partial charge in [-0.2, -0.15) is 0 Å². The fraction of sp³-hybridized carbons (Fsp3) is 0.462. The second kappa shape index (κ2) is 5.04. The molecule has 1 saturated carbocycles. The van der Waals surface area contributed by atoms with Crippen molar-refractivity contribution in [3.05, 3.63) is 34.1 Å². The Labute approximate surface area is 113 Å². The molecule has 0 atom stereocenters. The summed E-state index contributed by atoms with van der Waals surface area (Å²) >= 11 is 5.43. The van der Waals surface area contributed by atoms with Crippen LogP contribution in [0, 0.1) is 17.5 Å². The molecule has 2 nitrogen and oxygen atoms in total. The first-order chi connectivity index (χ1) is 8.90. The van der Waals surface area contributed by atoms with Crippen LogP contribution in [0.25, 0.3) is 0 Å². The third-order valence-electron chi connectivity index (χ3n) is 3.71. The SMILES string of the molecule is O=C(O)C1(c2c(F)cc(F)c(Cl)c2F)CCCCC1. The van der Waals surface area contributed by atoms with Crippen molar-refractivity contribution in [1.82, 2.24) is 0 Å². The highest BCUT2D eigenvalue weighted by molar-refractivity contribution is 6.31. The molecule has 0 amide bonds. The fourth-order valence-electron chi connectivity index (χ4n) is 2.73. The van der Waals surface area contributed by atoms with Crippen molar-refractivity contribution in [2.45, 2.75) is 37.5 Å². The van der Waals surface area contributed by atoms with Crippen molar-refractivity contribution in [2.24, 2.45) is 0 Å². The van der Waals surface area contributed by atoms with Crippen LogP contribution in [0.3, 0.4) is 0 Å². The molecular formula is C13H12ClF3O2. The first kappa shape index (κ1) is 14.2. The minimum atomic E-state index is -1.65. The minimum Gasteiger partial charge on any atom is -0.481 e. The van der Waals surface area contributed by atoms with Crippen molar-refractivity contribution in [2.75, 3.05) is 0 Å². The standard InChI is InChI=1S/C13H12ClF3O2/c14-10-8(16)6-7(15)9(11(10)17)13(12(18)19)4-2-1-3-5-13/h6H,1-5H2,(H,18,19). The molecule has 0 spiro atoms. The molecule has 2 rings (SSSR count). The zero-order valence-electron chi connectivity index (χ0n) is 9.98. The van der Waals surface area contributed by atoms with Gasteiger partial charge in [-0.15, -0.1) is 0 Å². The zero-order chi connectivity index (χ0) is 14.2. The summed E-state index contributed by atoms with van der Waals surface area (Å²) < 4.78 is 41.1. The number of aliphatic carboxylic acids is 1. The molecule has 1 aromatic carbocycles.